The lowest BCUT2D eigenvalue weighted by Gasteiger charge is -2.13. The van der Waals surface area contributed by atoms with Crippen molar-refractivity contribution in [3.63, 3.8) is 0 Å². The Labute approximate surface area is 184 Å². The van der Waals surface area contributed by atoms with E-state index in [9.17, 15) is 22.8 Å². The van der Waals surface area contributed by atoms with Crippen molar-refractivity contribution in [2.24, 2.45) is 0 Å². The first-order valence-corrected chi connectivity index (χ1v) is 11.4. The molecule has 0 spiro atoms. The van der Waals surface area contributed by atoms with Crippen molar-refractivity contribution < 1.29 is 27.1 Å². The van der Waals surface area contributed by atoms with Crippen LogP contribution < -0.4 is 14.8 Å². The monoisotopic (exact) mass is 454 g/mol. The lowest BCUT2D eigenvalue weighted by molar-refractivity contribution is -0.607. The Morgan fingerprint density at radius 3 is 2.62 bits per heavy atom. The minimum absolute atomic E-state index is 0.194. The van der Waals surface area contributed by atoms with Gasteiger partial charge in [0.25, 0.3) is 5.69 Å². The number of rotatable bonds is 6. The molecule has 1 N–H and O–H groups in total. The SMILES string of the molecule is O=C(N[C@@H]1C=CS(=O)(=O)C1)c1ccc(-c2ccc(F)cc2OCc2ccccc2)c[n+]1[O-]. The Hall–Kier alpha value is -3.72. The molecule has 32 heavy (non-hydrogen) atoms. The number of pyridine rings is 1. The molecular formula is C23H19FN2O5S. The second kappa shape index (κ2) is 8.80. The summed E-state index contributed by atoms with van der Waals surface area (Å²) in [4.78, 5) is 12.4. The van der Waals surface area contributed by atoms with E-state index >= 15 is 0 Å². The largest absolute Gasteiger partial charge is 0.618 e. The number of carbonyl (C=O) groups excluding carboxylic acids is 1. The van der Waals surface area contributed by atoms with E-state index in [2.05, 4.69) is 5.32 Å². The maximum atomic E-state index is 13.8. The number of hydrogen-bond acceptors (Lipinski definition) is 5. The Morgan fingerprint density at radius 2 is 1.94 bits per heavy atom. The summed E-state index contributed by atoms with van der Waals surface area (Å²) in [5.74, 6) is -1.17. The zero-order valence-corrected chi connectivity index (χ0v) is 17.6. The number of amides is 1. The normalized spacial score (nSPS) is 16.6. The minimum Gasteiger partial charge on any atom is -0.618 e. The van der Waals surface area contributed by atoms with E-state index in [0.717, 1.165) is 11.0 Å². The summed E-state index contributed by atoms with van der Waals surface area (Å²) in [6, 6.07) is 15.5. The molecule has 1 aromatic heterocycles. The number of hydrogen-bond donors (Lipinski definition) is 1. The van der Waals surface area contributed by atoms with Crippen LogP contribution >= 0.6 is 0 Å². The van der Waals surface area contributed by atoms with Crippen molar-refractivity contribution in [3.8, 4) is 16.9 Å². The summed E-state index contributed by atoms with van der Waals surface area (Å²) in [7, 11) is -3.33. The maximum absolute atomic E-state index is 13.8. The van der Waals surface area contributed by atoms with Crippen LogP contribution in [0.3, 0.4) is 0 Å². The molecule has 1 aliphatic heterocycles. The highest BCUT2D eigenvalue weighted by atomic mass is 32.2. The van der Waals surface area contributed by atoms with Gasteiger partial charge in [-0.05, 0) is 29.8 Å². The third-order valence-electron chi connectivity index (χ3n) is 4.89. The summed E-state index contributed by atoms with van der Waals surface area (Å²) < 4.78 is 43.0. The van der Waals surface area contributed by atoms with Crippen molar-refractivity contribution in [3.05, 3.63) is 101 Å². The molecular weight excluding hydrogens is 435 g/mol. The van der Waals surface area contributed by atoms with Crippen LogP contribution in [0.5, 0.6) is 5.75 Å². The zero-order valence-electron chi connectivity index (χ0n) is 16.8. The van der Waals surface area contributed by atoms with E-state index in [1.807, 2.05) is 30.3 Å². The predicted molar refractivity (Wildman–Crippen MR) is 116 cm³/mol. The number of sulfone groups is 1. The van der Waals surface area contributed by atoms with Gasteiger partial charge in [-0.15, -0.1) is 0 Å². The first kappa shape index (κ1) is 21.5. The molecule has 0 fully saturated rings. The standard InChI is InChI=1S/C23H19FN2O5S/c24-18-7-8-20(22(12-18)31-14-16-4-2-1-3-5-16)17-6-9-21(26(28)13-17)23(27)25-19-10-11-32(29,30)15-19/h1-13,19H,14-15H2,(H,25,27)/t19-/m1/s1. The quantitative estimate of drug-likeness (QED) is 0.456. The lowest BCUT2D eigenvalue weighted by Crippen LogP contribution is -2.43. The van der Waals surface area contributed by atoms with Gasteiger partial charge in [-0.25, -0.2) is 12.8 Å². The van der Waals surface area contributed by atoms with Gasteiger partial charge < -0.3 is 15.3 Å². The van der Waals surface area contributed by atoms with E-state index in [1.165, 1.54) is 36.5 Å². The van der Waals surface area contributed by atoms with Crippen LogP contribution in [-0.4, -0.2) is 26.1 Å². The number of carbonyl (C=O) groups is 1. The second-order valence-electron chi connectivity index (χ2n) is 7.28. The first-order valence-electron chi connectivity index (χ1n) is 9.72. The molecule has 0 radical (unpaired) electrons. The molecule has 9 heteroatoms. The fraction of sp³-hybridized carbons (Fsp3) is 0.130. The number of halogens is 1. The van der Waals surface area contributed by atoms with E-state index < -0.39 is 27.6 Å². The molecule has 0 unspecified atom stereocenters. The van der Waals surface area contributed by atoms with Crippen molar-refractivity contribution in [2.75, 3.05) is 5.75 Å². The maximum Gasteiger partial charge on any atom is 0.317 e. The molecule has 0 saturated heterocycles. The Kier molecular flexibility index (Phi) is 5.91. The first-order chi connectivity index (χ1) is 15.3. The summed E-state index contributed by atoms with van der Waals surface area (Å²) in [6.45, 7) is 0.215. The van der Waals surface area contributed by atoms with Crippen molar-refractivity contribution in [2.45, 2.75) is 12.6 Å². The van der Waals surface area contributed by atoms with Gasteiger partial charge in [0.2, 0.25) is 0 Å². The topological polar surface area (TPSA) is 99.4 Å². The molecule has 2 aromatic carbocycles. The molecule has 1 atom stereocenters. The molecule has 3 aromatic rings. The van der Waals surface area contributed by atoms with Crippen LogP contribution in [0, 0.1) is 11.0 Å². The highest BCUT2D eigenvalue weighted by Crippen LogP contribution is 2.31. The van der Waals surface area contributed by atoms with Crippen LogP contribution in [0.2, 0.25) is 0 Å². The Balaban J connectivity index is 1.55. The van der Waals surface area contributed by atoms with Gasteiger partial charge in [-0.2, -0.15) is 4.73 Å². The highest BCUT2D eigenvalue weighted by molar-refractivity contribution is 7.94. The average molecular weight is 454 g/mol. The van der Waals surface area contributed by atoms with Crippen LogP contribution in [0.4, 0.5) is 4.39 Å². The zero-order chi connectivity index (χ0) is 22.7. The smallest absolute Gasteiger partial charge is 0.317 e. The molecule has 4 rings (SSSR count). The number of nitrogens with one attached hydrogen (secondary N) is 1. The number of nitrogens with zero attached hydrogens (tertiary/aromatic N) is 1. The molecule has 1 aliphatic rings. The van der Waals surface area contributed by atoms with E-state index in [-0.39, 0.29) is 23.8 Å². The third kappa shape index (κ3) is 4.94. The van der Waals surface area contributed by atoms with E-state index in [1.54, 1.807) is 6.07 Å². The molecule has 2 heterocycles. The van der Waals surface area contributed by atoms with E-state index in [0.29, 0.717) is 15.9 Å². The van der Waals surface area contributed by atoms with Gasteiger partial charge in [-0.1, -0.05) is 30.3 Å². The highest BCUT2D eigenvalue weighted by Gasteiger charge is 2.26. The molecule has 164 valence electrons. The molecule has 0 saturated carbocycles. The van der Waals surface area contributed by atoms with Gasteiger partial charge in [-0.3, -0.25) is 4.79 Å². The molecule has 1 amide bonds. The summed E-state index contributed by atoms with van der Waals surface area (Å²) >= 11 is 0. The van der Waals surface area contributed by atoms with Crippen molar-refractivity contribution >= 4 is 15.7 Å². The van der Waals surface area contributed by atoms with Crippen molar-refractivity contribution in [1.29, 1.82) is 0 Å². The molecule has 7 nitrogen and oxygen atoms in total. The summed E-state index contributed by atoms with van der Waals surface area (Å²) in [5.41, 5.74) is 1.63. The number of ether oxygens (including phenoxy) is 1. The average Bonchev–Trinajstić information content (AvgIpc) is 3.11. The van der Waals surface area contributed by atoms with Gasteiger partial charge in [0.1, 0.15) is 18.2 Å². The minimum atomic E-state index is -3.33. The van der Waals surface area contributed by atoms with E-state index in [4.69, 9.17) is 4.74 Å². The lowest BCUT2D eigenvalue weighted by atomic mass is 10.1. The second-order valence-corrected chi connectivity index (χ2v) is 9.21. The third-order valence-corrected chi connectivity index (χ3v) is 6.28. The van der Waals surface area contributed by atoms with Gasteiger partial charge in [0.15, 0.2) is 16.0 Å². The predicted octanol–water partition coefficient (Wildman–Crippen LogP) is 2.75. The fourth-order valence-electron chi connectivity index (χ4n) is 3.31. The van der Waals surface area contributed by atoms with Crippen LogP contribution in [0.15, 0.2) is 78.3 Å². The molecule has 0 bridgehead atoms. The van der Waals surface area contributed by atoms with Crippen LogP contribution in [-0.2, 0) is 16.4 Å². The number of aromatic nitrogens is 1. The Morgan fingerprint density at radius 1 is 1.16 bits per heavy atom. The number of benzene rings is 2. The summed E-state index contributed by atoms with van der Waals surface area (Å²) in [6.07, 6.45) is 2.56. The van der Waals surface area contributed by atoms with Gasteiger partial charge >= 0.3 is 5.91 Å². The van der Waals surface area contributed by atoms with Gasteiger partial charge in [0, 0.05) is 23.1 Å². The van der Waals surface area contributed by atoms with Crippen LogP contribution in [0.25, 0.3) is 11.1 Å². The fourth-order valence-corrected chi connectivity index (χ4v) is 4.55. The van der Waals surface area contributed by atoms with Crippen LogP contribution in [0.1, 0.15) is 16.1 Å². The van der Waals surface area contributed by atoms with Crippen molar-refractivity contribution in [1.82, 2.24) is 5.32 Å². The Bertz CT molecular complexity index is 1290. The van der Waals surface area contributed by atoms with Gasteiger partial charge in [0.05, 0.1) is 17.4 Å². The molecule has 0 aliphatic carbocycles. The summed E-state index contributed by atoms with van der Waals surface area (Å²) in [5, 5.41) is 16.1.